The summed E-state index contributed by atoms with van der Waals surface area (Å²) in [7, 11) is 0. The van der Waals surface area contributed by atoms with E-state index in [-0.39, 0.29) is 18.0 Å². The van der Waals surface area contributed by atoms with Gasteiger partial charge in [-0.3, -0.25) is 0 Å². The van der Waals surface area contributed by atoms with E-state index in [1.54, 1.807) is 72.8 Å². The molecule has 0 saturated carbocycles. The largest absolute Gasteiger partial charge is 0.424 e. The van der Waals surface area contributed by atoms with Crippen LogP contribution in [0.4, 0.5) is 0 Å². The normalized spacial score (nSPS) is 10.5. The predicted molar refractivity (Wildman–Crippen MR) is 114 cm³/mol. The monoisotopic (exact) mass is 459 g/mol. The standard InChI is InChI=1S/C21H12Cl3N3O3/c22-13-1-7-16(8-2-13)28-19-25-20(29-17-9-3-14(23)4-10-17)27-21(26-19)30-18-11-5-15(24)6-12-18/h1-12H. The third-order valence-corrected chi connectivity index (χ3v) is 4.40. The molecule has 0 spiro atoms. The summed E-state index contributed by atoms with van der Waals surface area (Å²) in [5.74, 6) is 1.46. The summed E-state index contributed by atoms with van der Waals surface area (Å²) >= 11 is 17.7. The quantitative estimate of drug-likeness (QED) is 0.303. The van der Waals surface area contributed by atoms with Crippen molar-refractivity contribution in [2.45, 2.75) is 0 Å². The molecule has 0 saturated heterocycles. The summed E-state index contributed by atoms with van der Waals surface area (Å²) in [5, 5.41) is 1.74. The van der Waals surface area contributed by atoms with Crippen LogP contribution in [0, 0.1) is 0 Å². The minimum atomic E-state index is -0.0137. The molecule has 30 heavy (non-hydrogen) atoms. The summed E-state index contributed by atoms with van der Waals surface area (Å²) in [6.45, 7) is 0. The molecule has 3 aromatic carbocycles. The molecule has 150 valence electrons. The summed E-state index contributed by atoms with van der Waals surface area (Å²) in [4.78, 5) is 12.6. The van der Waals surface area contributed by atoms with Crippen molar-refractivity contribution in [2.24, 2.45) is 0 Å². The molecule has 0 bridgehead atoms. The fourth-order valence-electron chi connectivity index (χ4n) is 2.28. The van der Waals surface area contributed by atoms with Crippen LogP contribution in [-0.2, 0) is 0 Å². The van der Waals surface area contributed by atoms with Gasteiger partial charge in [0.05, 0.1) is 0 Å². The SMILES string of the molecule is Clc1ccc(Oc2nc(Oc3ccc(Cl)cc3)nc(Oc3ccc(Cl)cc3)n2)cc1. The highest BCUT2D eigenvalue weighted by Gasteiger charge is 2.13. The van der Waals surface area contributed by atoms with E-state index in [0.29, 0.717) is 32.3 Å². The minimum Gasteiger partial charge on any atom is -0.424 e. The Labute approximate surface area is 187 Å². The molecule has 0 N–H and O–H groups in total. The lowest BCUT2D eigenvalue weighted by atomic mass is 10.3. The number of ether oxygens (including phenoxy) is 3. The lowest BCUT2D eigenvalue weighted by Crippen LogP contribution is -2.01. The number of benzene rings is 3. The Bertz CT molecular complexity index is 980. The van der Waals surface area contributed by atoms with Gasteiger partial charge in [-0.15, -0.1) is 15.0 Å². The second-order valence-electron chi connectivity index (χ2n) is 5.85. The average molecular weight is 461 g/mol. The van der Waals surface area contributed by atoms with E-state index in [0.717, 1.165) is 0 Å². The van der Waals surface area contributed by atoms with Gasteiger partial charge in [0.15, 0.2) is 0 Å². The van der Waals surface area contributed by atoms with Crippen molar-refractivity contribution >= 4 is 34.8 Å². The van der Waals surface area contributed by atoms with Gasteiger partial charge in [0.1, 0.15) is 17.2 Å². The van der Waals surface area contributed by atoms with Crippen LogP contribution in [0.15, 0.2) is 72.8 Å². The zero-order chi connectivity index (χ0) is 20.9. The van der Waals surface area contributed by atoms with Gasteiger partial charge in [0.25, 0.3) is 0 Å². The van der Waals surface area contributed by atoms with Gasteiger partial charge in [0, 0.05) is 15.1 Å². The molecule has 4 rings (SSSR count). The number of aromatic nitrogens is 3. The maximum absolute atomic E-state index is 5.91. The van der Waals surface area contributed by atoms with Crippen molar-refractivity contribution in [2.75, 3.05) is 0 Å². The number of halogens is 3. The Morgan fingerprint density at radius 2 is 0.633 bits per heavy atom. The van der Waals surface area contributed by atoms with E-state index in [1.165, 1.54) is 0 Å². The first kappa shape index (κ1) is 20.2. The third kappa shape index (κ3) is 5.51. The molecule has 0 aliphatic heterocycles. The molecule has 0 fully saturated rings. The van der Waals surface area contributed by atoms with Crippen molar-refractivity contribution < 1.29 is 14.2 Å². The zero-order valence-corrected chi connectivity index (χ0v) is 17.4. The van der Waals surface area contributed by atoms with Crippen molar-refractivity contribution in [3.63, 3.8) is 0 Å². The van der Waals surface area contributed by atoms with E-state index in [2.05, 4.69) is 15.0 Å². The topological polar surface area (TPSA) is 66.4 Å². The molecule has 1 heterocycles. The number of nitrogens with zero attached hydrogens (tertiary/aromatic N) is 3. The molecule has 0 radical (unpaired) electrons. The van der Waals surface area contributed by atoms with E-state index in [9.17, 15) is 0 Å². The highest BCUT2D eigenvalue weighted by atomic mass is 35.5. The highest BCUT2D eigenvalue weighted by molar-refractivity contribution is 6.31. The molecule has 1 aromatic heterocycles. The van der Waals surface area contributed by atoms with Gasteiger partial charge in [-0.25, -0.2) is 0 Å². The van der Waals surface area contributed by atoms with E-state index in [1.807, 2.05) is 0 Å². The van der Waals surface area contributed by atoms with E-state index >= 15 is 0 Å². The van der Waals surface area contributed by atoms with Gasteiger partial charge in [-0.1, -0.05) is 34.8 Å². The number of hydrogen-bond donors (Lipinski definition) is 0. The minimum absolute atomic E-state index is 0.0137. The van der Waals surface area contributed by atoms with E-state index < -0.39 is 0 Å². The molecule has 9 heteroatoms. The predicted octanol–water partition coefficient (Wildman–Crippen LogP) is 7.21. The molecular formula is C21H12Cl3N3O3. The molecule has 0 aliphatic carbocycles. The Hall–Kier alpha value is -3.06. The lowest BCUT2D eigenvalue weighted by molar-refractivity contribution is 0.362. The Morgan fingerprint density at radius 1 is 0.400 bits per heavy atom. The fourth-order valence-corrected chi connectivity index (χ4v) is 2.66. The molecular weight excluding hydrogens is 449 g/mol. The van der Waals surface area contributed by atoms with Gasteiger partial charge in [-0.2, -0.15) is 0 Å². The maximum Gasteiger partial charge on any atom is 0.331 e. The summed E-state index contributed by atoms with van der Waals surface area (Å²) in [6.07, 6.45) is 0. The lowest BCUT2D eigenvalue weighted by Gasteiger charge is -2.10. The average Bonchev–Trinajstić information content (AvgIpc) is 2.73. The molecule has 0 aliphatic rings. The Kier molecular flexibility index (Phi) is 6.18. The van der Waals surface area contributed by atoms with Crippen molar-refractivity contribution in [1.29, 1.82) is 0 Å². The number of hydrogen-bond acceptors (Lipinski definition) is 6. The molecule has 6 nitrogen and oxygen atoms in total. The first-order chi connectivity index (χ1) is 14.5. The number of rotatable bonds is 6. The fraction of sp³-hybridized carbons (Fsp3) is 0. The summed E-state index contributed by atoms with van der Waals surface area (Å²) < 4.78 is 17.1. The van der Waals surface area contributed by atoms with Crippen molar-refractivity contribution in [3.05, 3.63) is 87.9 Å². The van der Waals surface area contributed by atoms with Crippen LogP contribution < -0.4 is 14.2 Å². The maximum atomic E-state index is 5.91. The summed E-state index contributed by atoms with van der Waals surface area (Å²) in [5.41, 5.74) is 0. The van der Waals surface area contributed by atoms with Crippen molar-refractivity contribution in [3.8, 4) is 35.3 Å². The zero-order valence-electron chi connectivity index (χ0n) is 15.1. The van der Waals surface area contributed by atoms with Gasteiger partial charge in [0.2, 0.25) is 0 Å². The van der Waals surface area contributed by atoms with Crippen LogP contribution in [-0.4, -0.2) is 15.0 Å². The Balaban J connectivity index is 1.64. The second kappa shape index (κ2) is 9.17. The van der Waals surface area contributed by atoms with Gasteiger partial charge < -0.3 is 14.2 Å². The van der Waals surface area contributed by atoms with E-state index in [4.69, 9.17) is 49.0 Å². The van der Waals surface area contributed by atoms with Crippen LogP contribution in [0.5, 0.6) is 35.3 Å². The molecule has 0 atom stereocenters. The first-order valence-electron chi connectivity index (χ1n) is 8.60. The van der Waals surface area contributed by atoms with Gasteiger partial charge in [-0.05, 0) is 72.8 Å². The highest BCUT2D eigenvalue weighted by Crippen LogP contribution is 2.28. The molecule has 4 aromatic rings. The van der Waals surface area contributed by atoms with Crippen molar-refractivity contribution in [1.82, 2.24) is 15.0 Å². The Morgan fingerprint density at radius 3 is 0.867 bits per heavy atom. The van der Waals surface area contributed by atoms with Gasteiger partial charge >= 0.3 is 18.0 Å². The smallest absolute Gasteiger partial charge is 0.331 e. The van der Waals surface area contributed by atoms with Crippen LogP contribution in [0.2, 0.25) is 15.1 Å². The van der Waals surface area contributed by atoms with Crippen LogP contribution in [0.25, 0.3) is 0 Å². The molecule has 0 unspecified atom stereocenters. The first-order valence-corrected chi connectivity index (χ1v) is 9.73. The van der Waals surface area contributed by atoms with Crippen LogP contribution in [0.3, 0.4) is 0 Å². The van der Waals surface area contributed by atoms with Crippen LogP contribution >= 0.6 is 34.8 Å². The second-order valence-corrected chi connectivity index (χ2v) is 7.16. The summed E-state index contributed by atoms with van der Waals surface area (Å²) in [6, 6.07) is 20.2. The third-order valence-electron chi connectivity index (χ3n) is 3.64. The molecule has 0 amide bonds. The van der Waals surface area contributed by atoms with Crippen LogP contribution in [0.1, 0.15) is 0 Å².